The second-order valence-corrected chi connectivity index (χ2v) is 10.2. The van der Waals surface area contributed by atoms with Crippen LogP contribution in [0, 0.1) is 16.7 Å². The van der Waals surface area contributed by atoms with Crippen molar-refractivity contribution in [2.24, 2.45) is 5.92 Å². The normalized spacial score (nSPS) is 15.1. The minimum atomic E-state index is -3.96. The van der Waals surface area contributed by atoms with Gasteiger partial charge in [0.05, 0.1) is 12.7 Å². The summed E-state index contributed by atoms with van der Waals surface area (Å²) in [5.41, 5.74) is 2.77. The van der Waals surface area contributed by atoms with Gasteiger partial charge in [-0.25, -0.2) is 4.98 Å². The molecule has 12 heteroatoms. The number of alkyl halides is 3. The third kappa shape index (κ3) is 8.27. The number of amides is 2. The van der Waals surface area contributed by atoms with Gasteiger partial charge in [-0.15, -0.1) is 0 Å². The number of nitrogens with one attached hydrogen (secondary N) is 3. The number of amidine groups is 2. The van der Waals surface area contributed by atoms with Crippen LogP contribution < -0.4 is 10.1 Å². The van der Waals surface area contributed by atoms with E-state index in [1.54, 1.807) is 29.2 Å². The van der Waals surface area contributed by atoms with Crippen LogP contribution in [0.15, 0.2) is 30.3 Å². The van der Waals surface area contributed by atoms with E-state index in [4.69, 9.17) is 15.6 Å². The molecule has 0 atom stereocenters. The molecule has 2 amide bonds. The molecule has 4 rings (SSSR count). The number of ether oxygens (including phenoxy) is 1. The Labute approximate surface area is 238 Å². The monoisotopic (exact) mass is 574 g/mol. The zero-order valence-electron chi connectivity index (χ0n) is 23.8. The molecular formula is C29H37F3N6O3. The van der Waals surface area contributed by atoms with Crippen molar-refractivity contribution in [3.8, 4) is 5.75 Å². The molecule has 0 aliphatic carbocycles. The first-order chi connectivity index (χ1) is 19.3. The lowest BCUT2D eigenvalue weighted by molar-refractivity contribution is -0.135. The number of rotatable bonds is 5. The van der Waals surface area contributed by atoms with Crippen LogP contribution in [0.4, 0.5) is 19.0 Å². The second-order valence-electron chi connectivity index (χ2n) is 10.2. The first kappa shape index (κ1) is 31.6. The molecule has 0 radical (unpaired) electrons. The van der Waals surface area contributed by atoms with E-state index in [1.807, 2.05) is 24.8 Å². The summed E-state index contributed by atoms with van der Waals surface area (Å²) in [5.74, 6) is 1.01. The number of piperidine rings is 1. The molecule has 9 nitrogen and oxygen atoms in total. The zero-order valence-corrected chi connectivity index (χ0v) is 23.8. The Morgan fingerprint density at radius 3 is 2.44 bits per heavy atom. The maximum Gasteiger partial charge on any atom is 0.388 e. The number of carbonyl (C=O) groups excluding carboxylic acids is 2. The summed E-state index contributed by atoms with van der Waals surface area (Å²) in [6, 6.07) is 8.79. The highest BCUT2D eigenvalue weighted by atomic mass is 19.4. The standard InChI is InChI=1S/C26H32N6O3.C3H5F3/c1-16(2)26(34)31-12-10-17-14-21(35-3)19(13-18(17)15-31)25(33)30-23-9-6-7-20(29-23)24(28)32-11-5-4-8-22(32)27;1-2-3(4,5)6/h6-7,9,13-14,16,27-28H,4-5,8,10-12,15H2,1-3H3,(H,29,30,33);2H2,1H3. The lowest BCUT2D eigenvalue weighted by Gasteiger charge is -2.31. The van der Waals surface area contributed by atoms with E-state index < -0.39 is 12.6 Å². The Balaban J connectivity index is 0.000000696. The van der Waals surface area contributed by atoms with Crippen LogP contribution in [0.2, 0.25) is 0 Å². The number of fused-ring (bicyclic) bond motifs is 1. The van der Waals surface area contributed by atoms with E-state index in [2.05, 4.69) is 10.3 Å². The number of likely N-dealkylation sites (tertiary alicyclic amines) is 1. The van der Waals surface area contributed by atoms with Crippen LogP contribution in [0.3, 0.4) is 0 Å². The molecule has 1 aromatic heterocycles. The van der Waals surface area contributed by atoms with Crippen molar-refractivity contribution >= 4 is 29.3 Å². The molecule has 1 saturated heterocycles. The van der Waals surface area contributed by atoms with Crippen molar-refractivity contribution in [3.63, 3.8) is 0 Å². The summed E-state index contributed by atoms with van der Waals surface area (Å²) in [7, 11) is 1.53. The predicted molar refractivity (Wildman–Crippen MR) is 151 cm³/mol. The molecule has 41 heavy (non-hydrogen) atoms. The minimum absolute atomic E-state index is 0.0803. The van der Waals surface area contributed by atoms with Gasteiger partial charge in [-0.1, -0.05) is 26.8 Å². The van der Waals surface area contributed by atoms with E-state index >= 15 is 0 Å². The largest absolute Gasteiger partial charge is 0.496 e. The van der Waals surface area contributed by atoms with Crippen LogP contribution >= 0.6 is 0 Å². The Kier molecular flexibility index (Phi) is 10.5. The van der Waals surface area contributed by atoms with Gasteiger partial charge >= 0.3 is 6.18 Å². The number of hydrogen-bond acceptors (Lipinski definition) is 6. The molecule has 2 aliphatic rings. The molecule has 2 aromatic rings. The highest BCUT2D eigenvalue weighted by molar-refractivity contribution is 6.08. The molecule has 2 aliphatic heterocycles. The Morgan fingerprint density at radius 2 is 1.83 bits per heavy atom. The SMILES string of the molecule is CCC(F)(F)F.COc1cc2c(cc1C(=O)Nc1cccc(C(=N)N3CCCCC3=N)n1)CN(C(=O)C(C)C)CC2. The molecule has 0 unspecified atom stereocenters. The van der Waals surface area contributed by atoms with Gasteiger partial charge in [0.1, 0.15) is 23.1 Å². The van der Waals surface area contributed by atoms with Gasteiger partial charge in [-0.2, -0.15) is 13.2 Å². The number of halogens is 3. The molecule has 0 bridgehead atoms. The summed E-state index contributed by atoms with van der Waals surface area (Å²) in [6.45, 7) is 6.59. The van der Waals surface area contributed by atoms with Gasteiger partial charge < -0.3 is 19.9 Å². The molecule has 0 saturated carbocycles. The van der Waals surface area contributed by atoms with Gasteiger partial charge in [-0.05, 0) is 54.7 Å². The number of carbonyl (C=O) groups is 2. The Bertz CT molecular complexity index is 1300. The molecule has 1 fully saturated rings. The topological polar surface area (TPSA) is 122 Å². The van der Waals surface area contributed by atoms with Gasteiger partial charge in [0, 0.05) is 38.4 Å². The molecule has 3 N–H and O–H groups in total. The number of nitrogens with zero attached hydrogens (tertiary/aromatic N) is 3. The maximum atomic E-state index is 13.2. The number of benzene rings is 1. The second kappa shape index (κ2) is 13.6. The van der Waals surface area contributed by atoms with Crippen LogP contribution in [-0.4, -0.2) is 64.6 Å². The highest BCUT2D eigenvalue weighted by Crippen LogP contribution is 2.29. The van der Waals surface area contributed by atoms with Gasteiger partial charge in [0.25, 0.3) is 5.91 Å². The lowest BCUT2D eigenvalue weighted by atomic mass is 9.95. The summed E-state index contributed by atoms with van der Waals surface area (Å²) >= 11 is 0. The molecule has 1 aromatic carbocycles. The Hall–Kier alpha value is -3.96. The first-order valence-electron chi connectivity index (χ1n) is 13.6. The number of hydrogen-bond donors (Lipinski definition) is 3. The van der Waals surface area contributed by atoms with E-state index in [-0.39, 0.29) is 23.6 Å². The van der Waals surface area contributed by atoms with E-state index in [0.29, 0.717) is 61.1 Å². The summed E-state index contributed by atoms with van der Waals surface area (Å²) < 4.78 is 37.9. The molecule has 222 valence electrons. The van der Waals surface area contributed by atoms with E-state index in [9.17, 15) is 22.8 Å². The molecular weight excluding hydrogens is 537 g/mol. The lowest BCUT2D eigenvalue weighted by Crippen LogP contribution is -2.40. The summed E-state index contributed by atoms with van der Waals surface area (Å²) in [4.78, 5) is 33.7. The van der Waals surface area contributed by atoms with Crippen LogP contribution in [0.25, 0.3) is 0 Å². The van der Waals surface area contributed by atoms with Gasteiger partial charge in [0.15, 0.2) is 5.84 Å². The maximum absolute atomic E-state index is 13.2. The average molecular weight is 575 g/mol. The smallest absolute Gasteiger partial charge is 0.388 e. The number of pyridine rings is 1. The number of aromatic nitrogens is 1. The molecule has 3 heterocycles. The predicted octanol–water partition coefficient (Wildman–Crippen LogP) is 5.63. The van der Waals surface area contributed by atoms with Crippen LogP contribution in [-0.2, 0) is 17.8 Å². The van der Waals surface area contributed by atoms with E-state index in [1.165, 1.54) is 7.11 Å². The van der Waals surface area contributed by atoms with Gasteiger partial charge in [0.2, 0.25) is 5.91 Å². The third-order valence-electron chi connectivity index (χ3n) is 6.86. The zero-order chi connectivity index (χ0) is 30.3. The fourth-order valence-corrected chi connectivity index (χ4v) is 4.52. The van der Waals surface area contributed by atoms with Crippen molar-refractivity contribution in [3.05, 3.63) is 52.7 Å². The fraction of sp³-hybridized carbons (Fsp3) is 0.483. The van der Waals surface area contributed by atoms with E-state index in [0.717, 1.165) is 30.9 Å². The van der Waals surface area contributed by atoms with Crippen molar-refractivity contribution < 1.29 is 27.5 Å². The summed E-state index contributed by atoms with van der Waals surface area (Å²) in [6.07, 6.45) is -1.44. The van der Waals surface area contributed by atoms with Crippen molar-refractivity contribution in [1.82, 2.24) is 14.8 Å². The first-order valence-corrected chi connectivity index (χ1v) is 13.6. The van der Waals surface area contributed by atoms with Gasteiger partial charge in [-0.3, -0.25) is 20.4 Å². The van der Waals surface area contributed by atoms with Crippen LogP contribution in [0.5, 0.6) is 5.75 Å². The summed E-state index contributed by atoms with van der Waals surface area (Å²) in [5, 5.41) is 19.5. The van der Waals surface area contributed by atoms with Crippen molar-refractivity contribution in [2.45, 2.75) is 65.6 Å². The fourth-order valence-electron chi connectivity index (χ4n) is 4.52. The number of anilines is 1. The quantitative estimate of drug-likeness (QED) is 0.316. The minimum Gasteiger partial charge on any atom is -0.496 e. The number of methoxy groups -OCH3 is 1. The molecule has 0 spiro atoms. The Morgan fingerprint density at radius 1 is 1.12 bits per heavy atom. The highest BCUT2D eigenvalue weighted by Gasteiger charge is 2.26. The third-order valence-corrected chi connectivity index (χ3v) is 6.86. The van der Waals surface area contributed by atoms with Crippen LogP contribution in [0.1, 0.15) is 73.6 Å². The van der Waals surface area contributed by atoms with Crippen molar-refractivity contribution in [1.29, 1.82) is 10.8 Å². The van der Waals surface area contributed by atoms with Crippen molar-refractivity contribution in [2.75, 3.05) is 25.5 Å². The average Bonchev–Trinajstić information content (AvgIpc) is 2.95.